The first kappa shape index (κ1) is 16.9. The van der Waals surface area contributed by atoms with Gasteiger partial charge in [0.2, 0.25) is 11.8 Å². The van der Waals surface area contributed by atoms with Crippen molar-refractivity contribution in [3.05, 3.63) is 29.3 Å². The molecule has 1 aromatic carbocycles. The molecule has 4 rings (SSSR count). The third-order valence-electron chi connectivity index (χ3n) is 6.14. The molecule has 2 aliphatic heterocycles. The quantitative estimate of drug-likeness (QED) is 0.868. The molecule has 0 radical (unpaired) electrons. The molecule has 6 heteroatoms. The fourth-order valence-corrected chi connectivity index (χ4v) is 4.81. The Bertz CT molecular complexity index is 678. The molecule has 0 spiro atoms. The largest absolute Gasteiger partial charge is 0.344 e. The van der Waals surface area contributed by atoms with Crippen LogP contribution in [0.3, 0.4) is 0 Å². The van der Waals surface area contributed by atoms with Crippen LogP contribution in [0.15, 0.2) is 24.3 Å². The number of hydrogen-bond acceptors (Lipinski definition) is 3. The summed E-state index contributed by atoms with van der Waals surface area (Å²) in [5, 5.41) is 7.12. The van der Waals surface area contributed by atoms with Gasteiger partial charge in [0.1, 0.15) is 6.04 Å². The first-order valence-corrected chi connectivity index (χ1v) is 9.56. The summed E-state index contributed by atoms with van der Waals surface area (Å²) in [6, 6.07) is 6.85. The average molecular weight is 362 g/mol. The van der Waals surface area contributed by atoms with Crippen molar-refractivity contribution in [3.8, 4) is 0 Å². The zero-order valence-electron chi connectivity index (χ0n) is 14.3. The van der Waals surface area contributed by atoms with Gasteiger partial charge in [0, 0.05) is 23.8 Å². The summed E-state index contributed by atoms with van der Waals surface area (Å²) < 4.78 is 0. The van der Waals surface area contributed by atoms with Crippen LogP contribution < -0.4 is 15.5 Å². The topological polar surface area (TPSA) is 61.4 Å². The van der Waals surface area contributed by atoms with Crippen molar-refractivity contribution >= 4 is 29.1 Å². The minimum absolute atomic E-state index is 0.0228. The van der Waals surface area contributed by atoms with Gasteiger partial charge in [0.05, 0.1) is 5.41 Å². The molecular formula is C19H24ClN3O2. The van der Waals surface area contributed by atoms with E-state index < -0.39 is 6.04 Å². The van der Waals surface area contributed by atoms with Crippen LogP contribution in [-0.2, 0) is 9.59 Å². The number of fused-ring (bicyclic) bond motifs is 1. The minimum Gasteiger partial charge on any atom is -0.344 e. The van der Waals surface area contributed by atoms with Crippen LogP contribution >= 0.6 is 11.6 Å². The molecule has 3 aliphatic rings. The maximum absolute atomic E-state index is 13.1. The van der Waals surface area contributed by atoms with Crippen molar-refractivity contribution in [2.45, 2.75) is 38.1 Å². The van der Waals surface area contributed by atoms with E-state index in [-0.39, 0.29) is 17.2 Å². The SMILES string of the molecule is O=C1C(NC(=O)[C@@]23CCCC[C@H]2CNC3)CCN1c1ccc(Cl)cc1. The predicted octanol–water partition coefficient (Wildman–Crippen LogP) is 2.34. The van der Waals surface area contributed by atoms with Crippen molar-refractivity contribution in [2.24, 2.45) is 11.3 Å². The van der Waals surface area contributed by atoms with E-state index in [1.165, 1.54) is 6.42 Å². The molecule has 0 aromatic heterocycles. The van der Waals surface area contributed by atoms with E-state index in [4.69, 9.17) is 11.6 Å². The number of benzene rings is 1. The highest BCUT2D eigenvalue weighted by atomic mass is 35.5. The van der Waals surface area contributed by atoms with Gasteiger partial charge in [-0.1, -0.05) is 24.4 Å². The van der Waals surface area contributed by atoms with Crippen LogP contribution in [-0.4, -0.2) is 37.5 Å². The smallest absolute Gasteiger partial charge is 0.249 e. The highest BCUT2D eigenvalue weighted by Crippen LogP contribution is 2.44. The van der Waals surface area contributed by atoms with E-state index in [0.29, 0.717) is 23.9 Å². The monoisotopic (exact) mass is 361 g/mol. The van der Waals surface area contributed by atoms with Crippen LogP contribution in [0.1, 0.15) is 32.1 Å². The van der Waals surface area contributed by atoms with Gasteiger partial charge in [-0.2, -0.15) is 0 Å². The van der Waals surface area contributed by atoms with Crippen molar-refractivity contribution in [1.82, 2.24) is 10.6 Å². The first-order chi connectivity index (χ1) is 12.1. The van der Waals surface area contributed by atoms with E-state index in [2.05, 4.69) is 10.6 Å². The number of hydrogen-bond donors (Lipinski definition) is 2. The van der Waals surface area contributed by atoms with Crippen molar-refractivity contribution in [2.75, 3.05) is 24.5 Å². The van der Waals surface area contributed by atoms with Crippen LogP contribution in [0, 0.1) is 11.3 Å². The number of amides is 2. The molecule has 3 atom stereocenters. The molecule has 0 bridgehead atoms. The summed E-state index contributed by atoms with van der Waals surface area (Å²) in [5.74, 6) is 0.453. The van der Waals surface area contributed by atoms with Gasteiger partial charge in [0.15, 0.2) is 0 Å². The minimum atomic E-state index is -0.416. The van der Waals surface area contributed by atoms with E-state index in [1.54, 1.807) is 17.0 Å². The lowest BCUT2D eigenvalue weighted by atomic mass is 9.67. The summed E-state index contributed by atoms with van der Waals surface area (Å²) in [6.07, 6.45) is 4.99. The Labute approximate surface area is 153 Å². The second kappa shape index (κ2) is 6.61. The molecule has 134 valence electrons. The van der Waals surface area contributed by atoms with Gasteiger partial charge in [0.25, 0.3) is 0 Å². The van der Waals surface area contributed by atoms with Crippen molar-refractivity contribution < 1.29 is 9.59 Å². The highest BCUT2D eigenvalue weighted by molar-refractivity contribution is 6.30. The van der Waals surface area contributed by atoms with Crippen LogP contribution in [0.4, 0.5) is 5.69 Å². The number of nitrogens with one attached hydrogen (secondary N) is 2. The van der Waals surface area contributed by atoms with Gasteiger partial charge in [-0.15, -0.1) is 0 Å². The number of halogens is 1. The maximum Gasteiger partial charge on any atom is 0.249 e. The summed E-state index contributed by atoms with van der Waals surface area (Å²) >= 11 is 5.92. The van der Waals surface area contributed by atoms with Crippen LogP contribution in [0.25, 0.3) is 0 Å². The molecule has 2 saturated heterocycles. The van der Waals surface area contributed by atoms with E-state index in [0.717, 1.165) is 38.0 Å². The Morgan fingerprint density at radius 2 is 2.04 bits per heavy atom. The second-order valence-electron chi connectivity index (χ2n) is 7.51. The summed E-state index contributed by atoms with van der Waals surface area (Å²) in [7, 11) is 0. The lowest BCUT2D eigenvalue weighted by Gasteiger charge is -2.37. The third-order valence-corrected chi connectivity index (χ3v) is 6.39. The standard InChI is InChI=1S/C19H24ClN3O2/c20-14-4-6-15(7-5-14)23-10-8-16(17(23)24)22-18(25)19-9-2-1-3-13(19)11-21-12-19/h4-7,13,16,21H,1-3,8-12H2,(H,22,25)/t13-,16?,19+/m0/s1. The molecule has 2 N–H and O–H groups in total. The van der Waals surface area contributed by atoms with Gasteiger partial charge < -0.3 is 15.5 Å². The molecule has 1 aromatic rings. The highest BCUT2D eigenvalue weighted by Gasteiger charge is 2.51. The fraction of sp³-hybridized carbons (Fsp3) is 0.579. The molecule has 1 aliphatic carbocycles. The summed E-state index contributed by atoms with van der Waals surface area (Å²) in [5.41, 5.74) is 0.522. The Hall–Kier alpha value is -1.59. The molecule has 2 heterocycles. The van der Waals surface area contributed by atoms with Gasteiger partial charge >= 0.3 is 0 Å². The zero-order chi connectivity index (χ0) is 17.4. The van der Waals surface area contributed by atoms with E-state index in [1.807, 2.05) is 12.1 Å². The van der Waals surface area contributed by atoms with Crippen LogP contribution in [0.5, 0.6) is 0 Å². The normalized spacial score (nSPS) is 31.9. The second-order valence-corrected chi connectivity index (χ2v) is 7.95. The Kier molecular flexibility index (Phi) is 4.46. The Morgan fingerprint density at radius 3 is 2.84 bits per heavy atom. The Balaban J connectivity index is 1.45. The molecule has 1 unspecified atom stereocenters. The summed E-state index contributed by atoms with van der Waals surface area (Å²) in [6.45, 7) is 2.29. The van der Waals surface area contributed by atoms with Gasteiger partial charge in [-0.3, -0.25) is 9.59 Å². The molecule has 2 amide bonds. The number of rotatable bonds is 3. The zero-order valence-corrected chi connectivity index (χ0v) is 15.0. The third kappa shape index (κ3) is 2.93. The lowest BCUT2D eigenvalue weighted by Crippen LogP contribution is -2.52. The van der Waals surface area contributed by atoms with Crippen molar-refractivity contribution in [3.63, 3.8) is 0 Å². The number of anilines is 1. The Morgan fingerprint density at radius 1 is 1.24 bits per heavy atom. The van der Waals surface area contributed by atoms with E-state index in [9.17, 15) is 9.59 Å². The first-order valence-electron chi connectivity index (χ1n) is 9.19. The molecule has 1 saturated carbocycles. The molecule has 5 nitrogen and oxygen atoms in total. The molecular weight excluding hydrogens is 338 g/mol. The predicted molar refractivity (Wildman–Crippen MR) is 97.6 cm³/mol. The molecule has 25 heavy (non-hydrogen) atoms. The van der Waals surface area contributed by atoms with E-state index >= 15 is 0 Å². The van der Waals surface area contributed by atoms with Gasteiger partial charge in [-0.25, -0.2) is 0 Å². The fourth-order valence-electron chi connectivity index (χ4n) is 4.68. The maximum atomic E-state index is 13.1. The molecule has 3 fully saturated rings. The average Bonchev–Trinajstić information content (AvgIpc) is 3.21. The lowest BCUT2D eigenvalue weighted by molar-refractivity contribution is -0.136. The number of carbonyl (C=O) groups is 2. The van der Waals surface area contributed by atoms with Crippen molar-refractivity contribution in [1.29, 1.82) is 0 Å². The van der Waals surface area contributed by atoms with Crippen LogP contribution in [0.2, 0.25) is 5.02 Å². The summed E-state index contributed by atoms with van der Waals surface area (Å²) in [4.78, 5) is 27.6. The number of nitrogens with zero attached hydrogens (tertiary/aromatic N) is 1. The van der Waals surface area contributed by atoms with Gasteiger partial charge in [-0.05, 0) is 56.0 Å². The number of carbonyl (C=O) groups excluding carboxylic acids is 2.